The molecule has 0 bridgehead atoms. The summed E-state index contributed by atoms with van der Waals surface area (Å²) in [7, 11) is -6.97. The van der Waals surface area contributed by atoms with Crippen molar-refractivity contribution in [3.63, 3.8) is 0 Å². The van der Waals surface area contributed by atoms with Crippen LogP contribution in [0.25, 0.3) is 21.5 Å². The number of carbonyl (C=O) groups is 2. The van der Waals surface area contributed by atoms with E-state index in [0.717, 1.165) is 47.7 Å². The number of nitrogens with one attached hydrogen (secondary N) is 2. The van der Waals surface area contributed by atoms with Crippen molar-refractivity contribution in [2.45, 2.75) is 62.4 Å². The predicted molar refractivity (Wildman–Crippen MR) is 212 cm³/mol. The SMILES string of the molecule is CC1CC(C)N(CCNS(=O)(=O)c2cccc3ccccc23)C1.CC1CC(C)N(CCNS(=O)(=O)c2cccc3ccccc23)C1.O=C(O)/C=C/C(=O)O. The summed E-state index contributed by atoms with van der Waals surface area (Å²) in [6.45, 7) is 13.4. The Morgan fingerprint density at radius 3 is 1.30 bits per heavy atom. The Kier molecular flexibility index (Phi) is 15.3. The summed E-state index contributed by atoms with van der Waals surface area (Å²) in [5.74, 6) is -1.13. The Morgan fingerprint density at radius 2 is 0.963 bits per heavy atom. The molecular weight excluding hydrogens is 729 g/mol. The summed E-state index contributed by atoms with van der Waals surface area (Å²) in [5, 5.41) is 19.0. The second-order valence-electron chi connectivity index (χ2n) is 14.1. The Morgan fingerprint density at radius 1 is 0.611 bits per heavy atom. The van der Waals surface area contributed by atoms with Crippen molar-refractivity contribution < 1.29 is 36.6 Å². The van der Waals surface area contributed by atoms with Gasteiger partial charge in [-0.15, -0.1) is 0 Å². The molecule has 2 aliphatic rings. The van der Waals surface area contributed by atoms with Gasteiger partial charge in [0, 0.05) is 74.3 Å². The fourth-order valence-corrected chi connectivity index (χ4v) is 9.70. The van der Waals surface area contributed by atoms with Gasteiger partial charge in [-0.3, -0.25) is 9.80 Å². The van der Waals surface area contributed by atoms with E-state index >= 15 is 0 Å². The van der Waals surface area contributed by atoms with Crippen LogP contribution in [0.5, 0.6) is 0 Å². The molecule has 0 aromatic heterocycles. The molecule has 0 amide bonds. The van der Waals surface area contributed by atoms with Crippen LogP contribution in [0.2, 0.25) is 0 Å². The molecule has 0 saturated carbocycles. The maximum Gasteiger partial charge on any atom is 0.328 e. The van der Waals surface area contributed by atoms with Crippen molar-refractivity contribution in [3.05, 3.63) is 97.1 Å². The van der Waals surface area contributed by atoms with E-state index in [4.69, 9.17) is 10.2 Å². The highest BCUT2D eigenvalue weighted by atomic mass is 32.2. The van der Waals surface area contributed by atoms with Gasteiger partial charge in [-0.1, -0.05) is 86.6 Å². The number of carboxylic acid groups (broad SMARTS) is 2. The third kappa shape index (κ3) is 12.2. The predicted octanol–water partition coefficient (Wildman–Crippen LogP) is 5.41. The van der Waals surface area contributed by atoms with E-state index in [0.29, 0.717) is 59.0 Å². The first-order valence-electron chi connectivity index (χ1n) is 18.1. The van der Waals surface area contributed by atoms with E-state index in [1.165, 1.54) is 12.8 Å². The van der Waals surface area contributed by atoms with Gasteiger partial charge in [0.05, 0.1) is 9.79 Å². The van der Waals surface area contributed by atoms with Gasteiger partial charge in [0.25, 0.3) is 0 Å². The number of carboxylic acids is 2. The molecule has 4 unspecified atom stereocenters. The van der Waals surface area contributed by atoms with Gasteiger partial charge >= 0.3 is 11.9 Å². The van der Waals surface area contributed by atoms with Crippen molar-refractivity contribution in [2.75, 3.05) is 39.3 Å². The van der Waals surface area contributed by atoms with E-state index in [-0.39, 0.29) is 0 Å². The molecule has 292 valence electrons. The van der Waals surface area contributed by atoms with Crippen LogP contribution < -0.4 is 9.44 Å². The van der Waals surface area contributed by atoms with E-state index in [1.54, 1.807) is 24.3 Å². The van der Waals surface area contributed by atoms with Crippen LogP contribution in [-0.4, -0.2) is 100 Å². The standard InChI is InChI=1S/2C18H24N2O2S.C4H4O4/c2*1-14-12-15(2)20(13-14)11-10-19-23(21,22)18-9-5-7-16-6-3-4-8-17(16)18;5-3(6)1-2-4(7)8/h2*3-9,14-15,19H,10-13H2,1-2H3;1-2H,(H,5,6)(H,7,8)/b;;2-1+. The molecule has 14 heteroatoms. The van der Waals surface area contributed by atoms with Crippen LogP contribution in [-0.2, 0) is 29.6 Å². The van der Waals surface area contributed by atoms with Crippen LogP contribution >= 0.6 is 0 Å². The number of nitrogens with zero attached hydrogens (tertiary/aromatic N) is 2. The van der Waals surface area contributed by atoms with Gasteiger partial charge in [0.2, 0.25) is 20.0 Å². The second-order valence-corrected chi connectivity index (χ2v) is 17.6. The molecule has 2 heterocycles. The lowest BCUT2D eigenvalue weighted by molar-refractivity contribution is -0.134. The first-order valence-corrected chi connectivity index (χ1v) is 21.1. The van der Waals surface area contributed by atoms with Crippen molar-refractivity contribution in [1.82, 2.24) is 19.2 Å². The normalized spacial score (nSPS) is 20.7. The molecule has 4 aromatic rings. The number of aliphatic carboxylic acids is 2. The third-order valence-electron chi connectivity index (χ3n) is 9.65. The summed E-state index contributed by atoms with van der Waals surface area (Å²) in [6.07, 6.45) is 3.50. The molecule has 0 radical (unpaired) electrons. The first kappa shape index (κ1) is 42.6. The minimum absolute atomic E-state index is 0.360. The topological polar surface area (TPSA) is 173 Å². The van der Waals surface area contributed by atoms with Gasteiger partial charge in [-0.25, -0.2) is 35.9 Å². The Labute approximate surface area is 319 Å². The summed E-state index contributed by atoms with van der Waals surface area (Å²) in [4.78, 5) is 24.5. The van der Waals surface area contributed by atoms with Crippen LogP contribution in [0.4, 0.5) is 0 Å². The molecule has 0 aliphatic carbocycles. The average molecular weight is 781 g/mol. The number of hydrogen-bond acceptors (Lipinski definition) is 8. The fraction of sp³-hybridized carbons (Fsp3) is 0.400. The van der Waals surface area contributed by atoms with Crippen LogP contribution in [0.15, 0.2) is 107 Å². The molecule has 2 fully saturated rings. The second kappa shape index (κ2) is 19.4. The van der Waals surface area contributed by atoms with E-state index in [2.05, 4.69) is 46.9 Å². The molecule has 2 aliphatic heterocycles. The van der Waals surface area contributed by atoms with Crippen LogP contribution in [0, 0.1) is 11.8 Å². The summed E-state index contributed by atoms with van der Waals surface area (Å²) < 4.78 is 56.1. The monoisotopic (exact) mass is 780 g/mol. The minimum Gasteiger partial charge on any atom is -0.478 e. The maximum atomic E-state index is 12.6. The molecule has 54 heavy (non-hydrogen) atoms. The van der Waals surface area contributed by atoms with Gasteiger partial charge in [0.15, 0.2) is 0 Å². The third-order valence-corrected chi connectivity index (χ3v) is 12.7. The first-order chi connectivity index (χ1) is 25.6. The summed E-state index contributed by atoms with van der Waals surface area (Å²) in [6, 6.07) is 27.0. The molecular formula is C40H52N4O8S2. The Bertz CT molecular complexity index is 1980. The summed E-state index contributed by atoms with van der Waals surface area (Å²) >= 11 is 0. The molecule has 4 atom stereocenters. The highest BCUT2D eigenvalue weighted by Gasteiger charge is 2.27. The number of sulfonamides is 2. The van der Waals surface area contributed by atoms with Crippen molar-refractivity contribution in [3.8, 4) is 0 Å². The Hall–Kier alpha value is -4.18. The highest BCUT2D eigenvalue weighted by Crippen LogP contribution is 2.25. The molecule has 4 N–H and O–H groups in total. The molecule has 2 saturated heterocycles. The van der Waals surface area contributed by atoms with Crippen molar-refractivity contribution in [1.29, 1.82) is 0 Å². The largest absolute Gasteiger partial charge is 0.478 e. The van der Waals surface area contributed by atoms with Crippen LogP contribution in [0.1, 0.15) is 40.5 Å². The van der Waals surface area contributed by atoms with E-state index in [9.17, 15) is 26.4 Å². The van der Waals surface area contributed by atoms with E-state index < -0.39 is 32.0 Å². The number of fused-ring (bicyclic) bond motifs is 2. The van der Waals surface area contributed by atoms with Gasteiger partial charge in [-0.2, -0.15) is 0 Å². The zero-order valence-corrected chi connectivity index (χ0v) is 32.9. The molecule has 6 rings (SSSR count). The smallest absolute Gasteiger partial charge is 0.328 e. The van der Waals surface area contributed by atoms with Gasteiger partial charge in [-0.05, 0) is 61.4 Å². The summed E-state index contributed by atoms with van der Waals surface area (Å²) in [5.41, 5.74) is 0. The number of hydrogen-bond donors (Lipinski definition) is 4. The van der Waals surface area contributed by atoms with Crippen LogP contribution in [0.3, 0.4) is 0 Å². The van der Waals surface area contributed by atoms with Gasteiger partial charge in [0.1, 0.15) is 0 Å². The fourth-order valence-electron chi connectivity index (χ4n) is 7.20. The molecule has 12 nitrogen and oxygen atoms in total. The average Bonchev–Trinajstić information content (AvgIpc) is 3.63. The van der Waals surface area contributed by atoms with E-state index in [1.807, 2.05) is 60.7 Å². The zero-order chi connectivity index (χ0) is 39.5. The Balaban J connectivity index is 0.000000201. The van der Waals surface area contributed by atoms with Crippen molar-refractivity contribution >= 4 is 53.5 Å². The quantitative estimate of drug-likeness (QED) is 0.136. The lowest BCUT2D eigenvalue weighted by Crippen LogP contribution is -2.36. The molecule has 4 aromatic carbocycles. The minimum atomic E-state index is -3.49. The highest BCUT2D eigenvalue weighted by molar-refractivity contribution is 7.90. The number of likely N-dealkylation sites (tertiary alicyclic amines) is 2. The van der Waals surface area contributed by atoms with Crippen molar-refractivity contribution in [2.24, 2.45) is 11.8 Å². The van der Waals surface area contributed by atoms with Gasteiger partial charge < -0.3 is 10.2 Å². The number of benzene rings is 4. The zero-order valence-electron chi connectivity index (χ0n) is 31.3. The maximum absolute atomic E-state index is 12.6. The lowest BCUT2D eigenvalue weighted by Gasteiger charge is -2.21. The number of rotatable bonds is 12. The molecule has 0 spiro atoms. The lowest BCUT2D eigenvalue weighted by atomic mass is 10.1.